The molecule has 1 fully saturated rings. The van der Waals surface area contributed by atoms with Crippen LogP contribution in [0, 0.1) is 5.41 Å². The summed E-state index contributed by atoms with van der Waals surface area (Å²) in [5.74, 6) is 0. The largest absolute Gasteiger partial charge is 0.393 e. The van der Waals surface area contributed by atoms with E-state index in [0.29, 0.717) is 4.99 Å². The smallest absolute Gasteiger partial charge is 0.0784 e. The molecular weight excluding hydrogens is 242 g/mol. The van der Waals surface area contributed by atoms with Crippen LogP contribution >= 0.6 is 12.2 Å². The minimum atomic E-state index is -0.0201. The lowest BCUT2D eigenvalue weighted by Gasteiger charge is -2.37. The highest BCUT2D eigenvalue weighted by atomic mass is 32.1. The van der Waals surface area contributed by atoms with Gasteiger partial charge in [0.25, 0.3) is 0 Å². The van der Waals surface area contributed by atoms with Gasteiger partial charge in [-0.25, -0.2) is 0 Å². The Balaban J connectivity index is 2.33. The Bertz CT molecular complexity index is 270. The molecule has 1 saturated heterocycles. The molecule has 1 rings (SSSR count). The zero-order chi connectivity index (χ0) is 13.8. The van der Waals surface area contributed by atoms with Crippen molar-refractivity contribution in [2.24, 2.45) is 11.1 Å². The molecular formula is C14H29N3S. The van der Waals surface area contributed by atoms with Gasteiger partial charge in [-0.2, -0.15) is 0 Å². The summed E-state index contributed by atoms with van der Waals surface area (Å²) >= 11 is 5.12. The van der Waals surface area contributed by atoms with Gasteiger partial charge >= 0.3 is 0 Å². The van der Waals surface area contributed by atoms with Gasteiger partial charge in [-0.3, -0.25) is 0 Å². The number of piperidine rings is 1. The van der Waals surface area contributed by atoms with Crippen LogP contribution in [-0.4, -0.2) is 54.1 Å². The monoisotopic (exact) mass is 271 g/mol. The van der Waals surface area contributed by atoms with Crippen molar-refractivity contribution in [3.63, 3.8) is 0 Å². The quantitative estimate of drug-likeness (QED) is 0.750. The molecule has 0 aromatic carbocycles. The van der Waals surface area contributed by atoms with Crippen molar-refractivity contribution in [1.29, 1.82) is 0 Å². The first kappa shape index (κ1) is 15.9. The van der Waals surface area contributed by atoms with Crippen molar-refractivity contribution < 1.29 is 0 Å². The molecule has 0 atom stereocenters. The average Bonchev–Trinajstić information content (AvgIpc) is 2.36. The van der Waals surface area contributed by atoms with Crippen LogP contribution in [0.4, 0.5) is 0 Å². The maximum Gasteiger partial charge on any atom is 0.0784 e. The van der Waals surface area contributed by atoms with Gasteiger partial charge in [0.15, 0.2) is 0 Å². The molecule has 0 unspecified atom stereocenters. The van der Waals surface area contributed by atoms with Gasteiger partial charge in [-0.1, -0.05) is 33.0 Å². The van der Waals surface area contributed by atoms with Crippen LogP contribution in [0.5, 0.6) is 0 Å². The topological polar surface area (TPSA) is 32.5 Å². The molecule has 0 aromatic heterocycles. The standard InChI is InChI=1S/C14H29N3S/c1-5-17-9-6-12(7-10-17)16(4)11-8-14(2,3)13(15)18/h12H,5-11H2,1-4H3,(H2,15,18). The second kappa shape index (κ2) is 6.83. The van der Waals surface area contributed by atoms with Crippen molar-refractivity contribution >= 4 is 17.2 Å². The first-order valence-corrected chi connectivity index (χ1v) is 7.50. The predicted molar refractivity (Wildman–Crippen MR) is 82.9 cm³/mol. The number of likely N-dealkylation sites (tertiary alicyclic amines) is 1. The summed E-state index contributed by atoms with van der Waals surface area (Å²) < 4.78 is 0. The van der Waals surface area contributed by atoms with Gasteiger partial charge < -0.3 is 15.5 Å². The molecule has 106 valence electrons. The summed E-state index contributed by atoms with van der Waals surface area (Å²) in [4.78, 5) is 5.66. The second-order valence-electron chi connectivity index (χ2n) is 6.14. The van der Waals surface area contributed by atoms with Gasteiger partial charge in [-0.05, 0) is 52.5 Å². The molecule has 0 aliphatic carbocycles. The SMILES string of the molecule is CCN1CCC(N(C)CCC(C)(C)C(N)=S)CC1. The molecule has 3 nitrogen and oxygen atoms in total. The third kappa shape index (κ3) is 4.48. The highest BCUT2D eigenvalue weighted by Gasteiger charge is 2.25. The zero-order valence-electron chi connectivity index (χ0n) is 12.4. The Morgan fingerprint density at radius 1 is 1.39 bits per heavy atom. The van der Waals surface area contributed by atoms with E-state index >= 15 is 0 Å². The highest BCUT2D eigenvalue weighted by Crippen LogP contribution is 2.23. The van der Waals surface area contributed by atoms with Crippen LogP contribution in [-0.2, 0) is 0 Å². The van der Waals surface area contributed by atoms with Gasteiger partial charge in [0.2, 0.25) is 0 Å². The Hall–Kier alpha value is -0.190. The van der Waals surface area contributed by atoms with Crippen LogP contribution in [0.25, 0.3) is 0 Å². The van der Waals surface area contributed by atoms with E-state index in [-0.39, 0.29) is 5.41 Å². The fourth-order valence-corrected chi connectivity index (χ4v) is 2.54. The van der Waals surface area contributed by atoms with E-state index in [4.69, 9.17) is 18.0 Å². The van der Waals surface area contributed by atoms with E-state index in [2.05, 4.69) is 37.6 Å². The van der Waals surface area contributed by atoms with Gasteiger partial charge in [0, 0.05) is 11.5 Å². The molecule has 18 heavy (non-hydrogen) atoms. The van der Waals surface area contributed by atoms with Crippen molar-refractivity contribution in [1.82, 2.24) is 9.80 Å². The first-order valence-electron chi connectivity index (χ1n) is 7.09. The number of rotatable bonds is 6. The Morgan fingerprint density at radius 2 is 1.94 bits per heavy atom. The minimum absolute atomic E-state index is 0.0201. The number of hydrogen-bond acceptors (Lipinski definition) is 3. The fourth-order valence-electron chi connectivity index (χ4n) is 2.44. The Morgan fingerprint density at radius 3 is 2.39 bits per heavy atom. The number of nitrogens with zero attached hydrogens (tertiary/aromatic N) is 2. The van der Waals surface area contributed by atoms with Gasteiger partial charge in [0.1, 0.15) is 0 Å². The van der Waals surface area contributed by atoms with Crippen LogP contribution in [0.2, 0.25) is 0 Å². The molecule has 2 N–H and O–H groups in total. The zero-order valence-corrected chi connectivity index (χ0v) is 13.2. The lowest BCUT2D eigenvalue weighted by atomic mass is 9.89. The van der Waals surface area contributed by atoms with Gasteiger partial charge in [0.05, 0.1) is 4.99 Å². The van der Waals surface area contributed by atoms with E-state index < -0.39 is 0 Å². The molecule has 1 aliphatic rings. The minimum Gasteiger partial charge on any atom is -0.393 e. The van der Waals surface area contributed by atoms with Crippen molar-refractivity contribution in [2.75, 3.05) is 33.2 Å². The molecule has 0 aromatic rings. The van der Waals surface area contributed by atoms with Crippen LogP contribution in [0.3, 0.4) is 0 Å². The summed E-state index contributed by atoms with van der Waals surface area (Å²) in [6.45, 7) is 11.3. The lowest BCUT2D eigenvalue weighted by molar-refractivity contribution is 0.125. The number of hydrogen-bond donors (Lipinski definition) is 1. The molecule has 1 aliphatic heterocycles. The summed E-state index contributed by atoms with van der Waals surface area (Å²) in [6, 6.07) is 0.731. The van der Waals surface area contributed by atoms with Gasteiger partial charge in [-0.15, -0.1) is 0 Å². The molecule has 0 spiro atoms. The van der Waals surface area contributed by atoms with Crippen LogP contribution in [0.1, 0.15) is 40.0 Å². The van der Waals surface area contributed by atoms with Crippen LogP contribution in [0.15, 0.2) is 0 Å². The molecule has 0 radical (unpaired) electrons. The molecule has 1 heterocycles. The van der Waals surface area contributed by atoms with Crippen LogP contribution < -0.4 is 5.73 Å². The predicted octanol–water partition coefficient (Wildman–Crippen LogP) is 2.10. The Kier molecular flexibility index (Phi) is 6.02. The van der Waals surface area contributed by atoms with Crippen molar-refractivity contribution in [2.45, 2.75) is 46.1 Å². The Labute approximate surface area is 118 Å². The van der Waals surface area contributed by atoms with Crippen molar-refractivity contribution in [3.05, 3.63) is 0 Å². The third-order valence-electron chi connectivity index (χ3n) is 4.38. The summed E-state index contributed by atoms with van der Waals surface area (Å²) in [6.07, 6.45) is 3.63. The third-order valence-corrected chi connectivity index (χ3v) is 4.94. The van der Waals surface area contributed by atoms with E-state index in [1.54, 1.807) is 0 Å². The lowest BCUT2D eigenvalue weighted by Crippen LogP contribution is -2.44. The van der Waals surface area contributed by atoms with E-state index in [1.807, 2.05) is 0 Å². The molecule has 0 amide bonds. The highest BCUT2D eigenvalue weighted by molar-refractivity contribution is 7.80. The summed E-state index contributed by atoms with van der Waals surface area (Å²) in [5, 5.41) is 0. The summed E-state index contributed by atoms with van der Waals surface area (Å²) in [5.41, 5.74) is 5.76. The number of nitrogens with two attached hydrogens (primary N) is 1. The fraction of sp³-hybridized carbons (Fsp3) is 0.929. The summed E-state index contributed by atoms with van der Waals surface area (Å²) in [7, 11) is 2.24. The maximum atomic E-state index is 5.78. The van der Waals surface area contributed by atoms with E-state index in [0.717, 1.165) is 19.0 Å². The normalized spacial score (nSPS) is 19.4. The second-order valence-corrected chi connectivity index (χ2v) is 6.58. The number of thiocarbonyl (C=S) groups is 1. The van der Waals surface area contributed by atoms with Crippen molar-refractivity contribution in [3.8, 4) is 0 Å². The maximum absolute atomic E-state index is 5.78. The van der Waals surface area contributed by atoms with E-state index in [9.17, 15) is 0 Å². The molecule has 4 heteroatoms. The van der Waals surface area contributed by atoms with E-state index in [1.165, 1.54) is 32.5 Å². The molecule has 0 bridgehead atoms. The average molecular weight is 271 g/mol. The molecule has 0 saturated carbocycles. The first-order chi connectivity index (χ1) is 8.36.